The van der Waals surface area contributed by atoms with E-state index in [1.807, 2.05) is 24.3 Å². The van der Waals surface area contributed by atoms with Crippen LogP contribution in [0.25, 0.3) is 0 Å². The Hall–Kier alpha value is -2.04. The van der Waals surface area contributed by atoms with E-state index in [1.54, 1.807) is 0 Å². The molecule has 114 valence electrons. The number of likely N-dealkylation sites (tertiary alicyclic amines) is 1. The van der Waals surface area contributed by atoms with Gasteiger partial charge in [-0.15, -0.1) is 0 Å². The minimum Gasteiger partial charge on any atom is -0.483 e. The zero-order valence-electron chi connectivity index (χ0n) is 12.4. The van der Waals surface area contributed by atoms with E-state index < -0.39 is 12.0 Å². The second kappa shape index (κ2) is 6.61. The first-order valence-electron chi connectivity index (χ1n) is 7.24. The molecule has 1 aromatic rings. The summed E-state index contributed by atoms with van der Waals surface area (Å²) < 4.78 is 5.62. The summed E-state index contributed by atoms with van der Waals surface area (Å²) in [6, 6.07) is 6.90. The first-order valence-corrected chi connectivity index (χ1v) is 7.24. The smallest absolute Gasteiger partial charge is 0.326 e. The van der Waals surface area contributed by atoms with Crippen molar-refractivity contribution < 1.29 is 19.4 Å². The fourth-order valence-electron chi connectivity index (χ4n) is 2.63. The molecule has 5 nitrogen and oxygen atoms in total. The van der Waals surface area contributed by atoms with E-state index >= 15 is 0 Å². The van der Waals surface area contributed by atoms with E-state index in [9.17, 15) is 9.59 Å². The number of hydrogen-bond donors (Lipinski definition) is 1. The van der Waals surface area contributed by atoms with Crippen molar-refractivity contribution >= 4 is 11.9 Å². The SMILES string of the molecule is CC(C)c1ccccc1OCC(=O)N1CCCC1C(=O)O. The highest BCUT2D eigenvalue weighted by Crippen LogP contribution is 2.26. The molecule has 2 rings (SSSR count). The maximum Gasteiger partial charge on any atom is 0.326 e. The molecule has 21 heavy (non-hydrogen) atoms. The van der Waals surface area contributed by atoms with E-state index in [0.29, 0.717) is 24.6 Å². The normalized spacial score (nSPS) is 18.0. The Morgan fingerprint density at radius 2 is 2.10 bits per heavy atom. The van der Waals surface area contributed by atoms with Crippen LogP contribution >= 0.6 is 0 Å². The highest BCUT2D eigenvalue weighted by atomic mass is 16.5. The number of carboxylic acid groups (broad SMARTS) is 1. The number of ether oxygens (including phenoxy) is 1. The van der Waals surface area contributed by atoms with Crippen LogP contribution in [0.5, 0.6) is 5.75 Å². The Morgan fingerprint density at radius 3 is 2.76 bits per heavy atom. The van der Waals surface area contributed by atoms with Gasteiger partial charge >= 0.3 is 5.97 Å². The van der Waals surface area contributed by atoms with Crippen LogP contribution in [0.1, 0.15) is 38.2 Å². The van der Waals surface area contributed by atoms with Gasteiger partial charge in [0, 0.05) is 6.54 Å². The summed E-state index contributed by atoms with van der Waals surface area (Å²) in [5.74, 6) is -0.219. The van der Waals surface area contributed by atoms with Gasteiger partial charge in [-0.1, -0.05) is 32.0 Å². The molecule has 0 bridgehead atoms. The largest absolute Gasteiger partial charge is 0.483 e. The van der Waals surface area contributed by atoms with Crippen LogP contribution in [0.15, 0.2) is 24.3 Å². The Balaban J connectivity index is 2.00. The molecule has 1 aromatic carbocycles. The highest BCUT2D eigenvalue weighted by Gasteiger charge is 2.34. The predicted molar refractivity (Wildman–Crippen MR) is 78.4 cm³/mol. The zero-order valence-corrected chi connectivity index (χ0v) is 12.4. The number of benzene rings is 1. The van der Waals surface area contributed by atoms with E-state index in [2.05, 4.69) is 13.8 Å². The molecule has 1 fully saturated rings. The lowest BCUT2D eigenvalue weighted by molar-refractivity contribution is -0.148. The van der Waals surface area contributed by atoms with E-state index in [4.69, 9.17) is 9.84 Å². The molecule has 1 N–H and O–H groups in total. The number of hydrogen-bond acceptors (Lipinski definition) is 3. The van der Waals surface area contributed by atoms with Crippen LogP contribution in [0, 0.1) is 0 Å². The standard InChI is InChI=1S/C16H21NO4/c1-11(2)12-6-3-4-8-14(12)21-10-15(18)17-9-5-7-13(17)16(19)20/h3-4,6,8,11,13H,5,7,9-10H2,1-2H3,(H,19,20). The molecule has 1 unspecified atom stereocenters. The van der Waals surface area contributed by atoms with Gasteiger partial charge in [0.2, 0.25) is 0 Å². The Labute approximate surface area is 124 Å². The number of carboxylic acids is 1. The van der Waals surface area contributed by atoms with Crippen LogP contribution in [-0.2, 0) is 9.59 Å². The van der Waals surface area contributed by atoms with Gasteiger partial charge in [0.15, 0.2) is 6.61 Å². The molecule has 0 aliphatic carbocycles. The summed E-state index contributed by atoms with van der Waals surface area (Å²) in [4.78, 5) is 24.7. The lowest BCUT2D eigenvalue weighted by Gasteiger charge is -2.22. The first kappa shape index (κ1) is 15.4. The monoisotopic (exact) mass is 291 g/mol. The molecule has 1 heterocycles. The second-order valence-corrected chi connectivity index (χ2v) is 5.56. The Bertz CT molecular complexity index is 527. The highest BCUT2D eigenvalue weighted by molar-refractivity contribution is 5.85. The minimum absolute atomic E-state index is 0.118. The van der Waals surface area contributed by atoms with Crippen molar-refractivity contribution in [3.63, 3.8) is 0 Å². The summed E-state index contributed by atoms with van der Waals surface area (Å²) in [5.41, 5.74) is 1.04. The maximum atomic E-state index is 12.2. The molecule has 1 amide bonds. The third-order valence-electron chi connectivity index (χ3n) is 3.75. The lowest BCUT2D eigenvalue weighted by atomic mass is 10.0. The van der Waals surface area contributed by atoms with Gasteiger partial charge in [-0.2, -0.15) is 0 Å². The summed E-state index contributed by atoms with van der Waals surface area (Å²) in [6.45, 7) is 4.49. The van der Waals surface area contributed by atoms with E-state index in [0.717, 1.165) is 12.0 Å². The van der Waals surface area contributed by atoms with Crippen LogP contribution in [0.2, 0.25) is 0 Å². The summed E-state index contributed by atoms with van der Waals surface area (Å²) >= 11 is 0. The third-order valence-corrected chi connectivity index (χ3v) is 3.75. The number of aliphatic carboxylic acids is 1. The van der Waals surface area contributed by atoms with Gasteiger partial charge in [0.05, 0.1) is 0 Å². The molecule has 0 radical (unpaired) electrons. The number of para-hydroxylation sites is 1. The average Bonchev–Trinajstić information content (AvgIpc) is 2.94. The van der Waals surface area contributed by atoms with Gasteiger partial charge in [0.25, 0.3) is 5.91 Å². The molecule has 1 saturated heterocycles. The van der Waals surface area contributed by atoms with Gasteiger partial charge < -0.3 is 14.7 Å². The first-order chi connectivity index (χ1) is 10.0. The summed E-state index contributed by atoms with van der Waals surface area (Å²) in [5, 5.41) is 9.10. The molecular weight excluding hydrogens is 270 g/mol. The molecule has 1 atom stereocenters. The van der Waals surface area contributed by atoms with Crippen molar-refractivity contribution in [3.8, 4) is 5.75 Å². The topological polar surface area (TPSA) is 66.8 Å². The predicted octanol–water partition coefficient (Wildman–Crippen LogP) is 2.26. The fraction of sp³-hybridized carbons (Fsp3) is 0.500. The molecule has 0 saturated carbocycles. The quantitative estimate of drug-likeness (QED) is 0.903. The Morgan fingerprint density at radius 1 is 1.38 bits per heavy atom. The van der Waals surface area contributed by atoms with Gasteiger partial charge in [0.1, 0.15) is 11.8 Å². The van der Waals surface area contributed by atoms with Crippen LogP contribution in [0.4, 0.5) is 0 Å². The molecule has 1 aliphatic rings. The zero-order chi connectivity index (χ0) is 15.4. The summed E-state index contributed by atoms with van der Waals surface area (Å²) in [6.07, 6.45) is 1.24. The molecule has 0 aromatic heterocycles. The van der Waals surface area contributed by atoms with Crippen molar-refractivity contribution in [2.45, 2.75) is 38.6 Å². The maximum absolute atomic E-state index is 12.2. The van der Waals surface area contributed by atoms with Gasteiger partial charge in [-0.05, 0) is 30.4 Å². The van der Waals surface area contributed by atoms with Crippen LogP contribution in [0.3, 0.4) is 0 Å². The number of carbonyl (C=O) groups is 2. The van der Waals surface area contributed by atoms with Crippen molar-refractivity contribution in [3.05, 3.63) is 29.8 Å². The average molecular weight is 291 g/mol. The van der Waals surface area contributed by atoms with Crippen molar-refractivity contribution in [2.75, 3.05) is 13.2 Å². The van der Waals surface area contributed by atoms with Crippen LogP contribution < -0.4 is 4.74 Å². The number of rotatable bonds is 5. The molecular formula is C16H21NO4. The van der Waals surface area contributed by atoms with Gasteiger partial charge in [-0.25, -0.2) is 4.79 Å². The number of nitrogens with zero attached hydrogens (tertiary/aromatic N) is 1. The minimum atomic E-state index is -0.941. The summed E-state index contributed by atoms with van der Waals surface area (Å²) in [7, 11) is 0. The van der Waals surface area contributed by atoms with Crippen molar-refractivity contribution in [1.29, 1.82) is 0 Å². The number of carbonyl (C=O) groups excluding carboxylic acids is 1. The fourth-order valence-corrected chi connectivity index (χ4v) is 2.63. The van der Waals surface area contributed by atoms with E-state index in [1.165, 1.54) is 4.90 Å². The van der Waals surface area contributed by atoms with Gasteiger partial charge in [-0.3, -0.25) is 4.79 Å². The lowest BCUT2D eigenvalue weighted by Crippen LogP contribution is -2.42. The number of amides is 1. The van der Waals surface area contributed by atoms with Crippen LogP contribution in [-0.4, -0.2) is 41.1 Å². The van der Waals surface area contributed by atoms with Crippen molar-refractivity contribution in [2.24, 2.45) is 0 Å². The Kier molecular flexibility index (Phi) is 4.83. The van der Waals surface area contributed by atoms with Crippen molar-refractivity contribution in [1.82, 2.24) is 4.90 Å². The second-order valence-electron chi connectivity index (χ2n) is 5.56. The third kappa shape index (κ3) is 3.54. The molecule has 0 spiro atoms. The van der Waals surface area contributed by atoms with E-state index in [-0.39, 0.29) is 12.5 Å². The molecule has 5 heteroatoms. The molecule has 1 aliphatic heterocycles.